The van der Waals surface area contributed by atoms with Crippen LogP contribution in [-0.2, 0) is 18.2 Å². The quantitative estimate of drug-likeness (QED) is 0.594. The number of morpholine rings is 1. The molecule has 28 heavy (non-hydrogen) atoms. The standard InChI is InChI=1S/C23H25N3O2/c1-25-21-16(7-5-11-26-12-14-28-15-13-26)6-4-10-19(21)20-22(25)17-8-2-3-9-18(17)23(27)24-20/h2-4,6,8-10H,5,7,11-15H2,1H3,(H,24,27). The summed E-state index contributed by atoms with van der Waals surface area (Å²) < 4.78 is 7.70. The number of rotatable bonds is 4. The molecular formula is C23H25N3O2. The minimum absolute atomic E-state index is 0.0201. The molecule has 2 aromatic carbocycles. The number of benzene rings is 2. The van der Waals surface area contributed by atoms with Gasteiger partial charge in [-0.05, 0) is 31.0 Å². The van der Waals surface area contributed by atoms with Crippen molar-refractivity contribution < 1.29 is 4.74 Å². The first kappa shape index (κ1) is 17.5. The molecule has 0 spiro atoms. The van der Waals surface area contributed by atoms with Crippen LogP contribution < -0.4 is 5.56 Å². The molecule has 2 aromatic heterocycles. The lowest BCUT2D eigenvalue weighted by atomic mass is 10.1. The van der Waals surface area contributed by atoms with Crippen molar-refractivity contribution >= 4 is 32.7 Å². The van der Waals surface area contributed by atoms with E-state index in [2.05, 4.69) is 39.7 Å². The number of fused-ring (bicyclic) bond motifs is 5. The molecule has 0 radical (unpaired) electrons. The Bertz CT molecular complexity index is 1220. The number of H-pyrrole nitrogens is 1. The molecule has 5 heteroatoms. The number of aryl methyl sites for hydroxylation is 2. The van der Waals surface area contributed by atoms with E-state index in [-0.39, 0.29) is 5.56 Å². The maximum Gasteiger partial charge on any atom is 0.256 e. The molecule has 5 rings (SSSR count). The zero-order valence-electron chi connectivity index (χ0n) is 16.2. The molecule has 144 valence electrons. The molecule has 0 saturated carbocycles. The van der Waals surface area contributed by atoms with E-state index in [1.807, 2.05) is 24.3 Å². The molecule has 3 heterocycles. The second-order valence-corrected chi connectivity index (χ2v) is 7.65. The molecule has 0 bridgehead atoms. The molecule has 0 amide bonds. The zero-order chi connectivity index (χ0) is 19.1. The van der Waals surface area contributed by atoms with Crippen LogP contribution in [0.3, 0.4) is 0 Å². The smallest absolute Gasteiger partial charge is 0.256 e. The number of hydrogen-bond acceptors (Lipinski definition) is 3. The van der Waals surface area contributed by atoms with Crippen LogP contribution in [-0.4, -0.2) is 47.3 Å². The first-order valence-electron chi connectivity index (χ1n) is 10.0. The van der Waals surface area contributed by atoms with Crippen molar-refractivity contribution in [3.05, 3.63) is 58.4 Å². The predicted octanol–water partition coefficient (Wildman–Crippen LogP) is 3.44. The van der Waals surface area contributed by atoms with Crippen LogP contribution >= 0.6 is 0 Å². The zero-order valence-corrected chi connectivity index (χ0v) is 16.2. The van der Waals surface area contributed by atoms with Crippen molar-refractivity contribution in [1.29, 1.82) is 0 Å². The van der Waals surface area contributed by atoms with E-state index in [0.717, 1.165) is 72.9 Å². The van der Waals surface area contributed by atoms with E-state index in [4.69, 9.17) is 4.74 Å². The van der Waals surface area contributed by atoms with Crippen LogP contribution in [0.15, 0.2) is 47.3 Å². The largest absolute Gasteiger partial charge is 0.379 e. The highest BCUT2D eigenvalue weighted by Crippen LogP contribution is 2.32. The Balaban J connectivity index is 1.58. The van der Waals surface area contributed by atoms with Crippen LogP contribution in [0.2, 0.25) is 0 Å². The molecule has 0 atom stereocenters. The van der Waals surface area contributed by atoms with E-state index in [1.54, 1.807) is 0 Å². The number of para-hydroxylation sites is 1. The van der Waals surface area contributed by atoms with Crippen molar-refractivity contribution in [2.45, 2.75) is 12.8 Å². The number of aromatic amines is 1. The Morgan fingerprint density at radius 3 is 2.54 bits per heavy atom. The summed E-state index contributed by atoms with van der Waals surface area (Å²) in [5.41, 5.74) is 4.59. The van der Waals surface area contributed by atoms with Crippen LogP contribution in [0.1, 0.15) is 12.0 Å². The van der Waals surface area contributed by atoms with Gasteiger partial charge in [-0.3, -0.25) is 9.69 Å². The molecule has 1 saturated heterocycles. The summed E-state index contributed by atoms with van der Waals surface area (Å²) in [6, 6.07) is 14.3. The maximum absolute atomic E-state index is 12.6. The van der Waals surface area contributed by atoms with Crippen LogP contribution in [0, 0.1) is 0 Å². The predicted molar refractivity (Wildman–Crippen MR) is 114 cm³/mol. The maximum atomic E-state index is 12.6. The number of aromatic nitrogens is 2. The minimum atomic E-state index is -0.0201. The third-order valence-electron chi connectivity index (χ3n) is 5.99. The van der Waals surface area contributed by atoms with Crippen molar-refractivity contribution in [2.24, 2.45) is 7.05 Å². The Labute approximate surface area is 163 Å². The van der Waals surface area contributed by atoms with Gasteiger partial charge in [-0.1, -0.05) is 36.4 Å². The summed E-state index contributed by atoms with van der Waals surface area (Å²) >= 11 is 0. The number of ether oxygens (including phenoxy) is 1. The van der Waals surface area contributed by atoms with Gasteiger partial charge in [-0.2, -0.15) is 0 Å². The summed E-state index contributed by atoms with van der Waals surface area (Å²) in [4.78, 5) is 18.2. The fourth-order valence-corrected chi connectivity index (χ4v) is 4.63. The van der Waals surface area contributed by atoms with Crippen LogP contribution in [0.25, 0.3) is 32.7 Å². The second kappa shape index (κ2) is 7.08. The number of nitrogens with zero attached hydrogens (tertiary/aromatic N) is 2. The Hall–Kier alpha value is -2.63. The van der Waals surface area contributed by atoms with Crippen LogP contribution in [0.5, 0.6) is 0 Å². The number of nitrogens with one attached hydrogen (secondary N) is 1. The Kier molecular flexibility index (Phi) is 4.41. The second-order valence-electron chi connectivity index (χ2n) is 7.65. The lowest BCUT2D eigenvalue weighted by molar-refractivity contribution is 0.0375. The SMILES string of the molecule is Cn1c2c(CCCN3CCOCC3)cccc2c2[nH]c(=O)c3ccccc3c21. The highest BCUT2D eigenvalue weighted by atomic mass is 16.5. The van der Waals surface area contributed by atoms with Gasteiger partial charge < -0.3 is 14.3 Å². The van der Waals surface area contributed by atoms with Gasteiger partial charge in [0.05, 0.1) is 29.8 Å². The van der Waals surface area contributed by atoms with Gasteiger partial charge in [-0.15, -0.1) is 0 Å². The molecule has 1 N–H and O–H groups in total. The van der Waals surface area contributed by atoms with E-state index in [0.29, 0.717) is 0 Å². The average Bonchev–Trinajstić information content (AvgIpc) is 3.02. The van der Waals surface area contributed by atoms with Crippen molar-refractivity contribution in [3.8, 4) is 0 Å². The molecule has 0 unspecified atom stereocenters. The molecule has 4 aromatic rings. The lowest BCUT2D eigenvalue weighted by Gasteiger charge is -2.26. The van der Waals surface area contributed by atoms with E-state index in [9.17, 15) is 4.79 Å². The molecule has 1 fully saturated rings. The van der Waals surface area contributed by atoms with Crippen molar-refractivity contribution in [2.75, 3.05) is 32.8 Å². The van der Waals surface area contributed by atoms with Gasteiger partial charge in [0.25, 0.3) is 5.56 Å². The highest BCUT2D eigenvalue weighted by molar-refractivity contribution is 6.15. The van der Waals surface area contributed by atoms with Crippen molar-refractivity contribution in [1.82, 2.24) is 14.5 Å². The fourth-order valence-electron chi connectivity index (χ4n) is 4.63. The van der Waals surface area contributed by atoms with E-state index in [1.165, 1.54) is 11.1 Å². The molecular weight excluding hydrogens is 350 g/mol. The third-order valence-corrected chi connectivity index (χ3v) is 5.99. The van der Waals surface area contributed by atoms with E-state index < -0.39 is 0 Å². The topological polar surface area (TPSA) is 50.3 Å². The Morgan fingerprint density at radius 2 is 1.71 bits per heavy atom. The summed E-state index contributed by atoms with van der Waals surface area (Å²) in [6.45, 7) is 4.86. The van der Waals surface area contributed by atoms with Gasteiger partial charge >= 0.3 is 0 Å². The van der Waals surface area contributed by atoms with Gasteiger partial charge in [0, 0.05) is 36.3 Å². The first-order valence-corrected chi connectivity index (χ1v) is 10.0. The molecule has 5 nitrogen and oxygen atoms in total. The number of pyridine rings is 1. The number of hydrogen-bond donors (Lipinski definition) is 1. The highest BCUT2D eigenvalue weighted by Gasteiger charge is 2.16. The Morgan fingerprint density at radius 1 is 0.964 bits per heavy atom. The van der Waals surface area contributed by atoms with Crippen molar-refractivity contribution in [3.63, 3.8) is 0 Å². The molecule has 1 aliphatic heterocycles. The fraction of sp³-hybridized carbons (Fsp3) is 0.348. The van der Waals surface area contributed by atoms with E-state index >= 15 is 0 Å². The summed E-state index contributed by atoms with van der Waals surface area (Å²) in [5, 5.41) is 2.89. The van der Waals surface area contributed by atoms with Gasteiger partial charge in [0.15, 0.2) is 0 Å². The van der Waals surface area contributed by atoms with Gasteiger partial charge in [-0.25, -0.2) is 0 Å². The van der Waals surface area contributed by atoms with Gasteiger partial charge in [0.1, 0.15) is 0 Å². The molecule has 0 aliphatic carbocycles. The summed E-state index contributed by atoms with van der Waals surface area (Å²) in [7, 11) is 2.11. The minimum Gasteiger partial charge on any atom is -0.379 e. The monoisotopic (exact) mass is 375 g/mol. The average molecular weight is 375 g/mol. The summed E-state index contributed by atoms with van der Waals surface area (Å²) in [6.07, 6.45) is 2.15. The first-order chi connectivity index (χ1) is 13.7. The third kappa shape index (κ3) is 2.82. The lowest BCUT2D eigenvalue weighted by Crippen LogP contribution is -2.36. The normalized spacial score (nSPS) is 15.8. The van der Waals surface area contributed by atoms with Gasteiger partial charge in [0.2, 0.25) is 0 Å². The summed E-state index contributed by atoms with van der Waals surface area (Å²) in [5.74, 6) is 0. The van der Waals surface area contributed by atoms with Crippen LogP contribution in [0.4, 0.5) is 0 Å². The molecule has 1 aliphatic rings.